The van der Waals surface area contributed by atoms with Crippen molar-refractivity contribution in [3.8, 4) is 17.0 Å². The van der Waals surface area contributed by atoms with Gasteiger partial charge in [-0.2, -0.15) is 0 Å². The molecular formula is C21H21Cl2N3O2. The minimum absolute atomic E-state index is 0. The molecule has 0 N–H and O–H groups in total. The van der Waals surface area contributed by atoms with E-state index in [1.54, 1.807) is 31.4 Å². The highest BCUT2D eigenvalue weighted by Crippen LogP contribution is 2.26. The number of rotatable bonds is 5. The molecule has 0 bridgehead atoms. The van der Waals surface area contributed by atoms with Crippen LogP contribution in [0, 0.1) is 0 Å². The molecule has 0 unspecified atom stereocenters. The van der Waals surface area contributed by atoms with Crippen LogP contribution in [0.5, 0.6) is 5.75 Å². The Morgan fingerprint density at radius 1 is 1.25 bits per heavy atom. The number of nitrogens with zero attached hydrogens (tertiary/aromatic N) is 3. The Morgan fingerprint density at radius 3 is 2.75 bits per heavy atom. The fourth-order valence-corrected chi connectivity index (χ4v) is 3.69. The van der Waals surface area contributed by atoms with Crippen molar-refractivity contribution in [2.75, 3.05) is 7.11 Å². The van der Waals surface area contributed by atoms with Crippen LogP contribution in [-0.4, -0.2) is 17.6 Å². The predicted octanol–water partition coefficient (Wildman–Crippen LogP) is 3.56. The maximum atomic E-state index is 12.5. The largest absolute Gasteiger partial charge is 0.859 e. The van der Waals surface area contributed by atoms with Gasteiger partial charge in [0.1, 0.15) is 18.5 Å². The van der Waals surface area contributed by atoms with E-state index < -0.39 is 0 Å². The van der Waals surface area contributed by atoms with E-state index in [-0.39, 0.29) is 24.8 Å². The summed E-state index contributed by atoms with van der Waals surface area (Å²) in [6.45, 7) is 1.18. The molecule has 1 aliphatic rings. The summed E-state index contributed by atoms with van der Waals surface area (Å²) in [6.07, 6.45) is 4.08. The van der Waals surface area contributed by atoms with Crippen LogP contribution in [0.2, 0.25) is 5.02 Å². The first kappa shape index (κ1) is 20.2. The predicted molar refractivity (Wildman–Crippen MR) is 111 cm³/mol. The number of hydrogen-bond donors (Lipinski definition) is 0. The molecule has 2 aromatic carbocycles. The smallest absolute Gasteiger partial charge is 0.257 e. The van der Waals surface area contributed by atoms with Crippen LogP contribution in [0.1, 0.15) is 12.2 Å². The molecule has 146 valence electrons. The van der Waals surface area contributed by atoms with Crippen LogP contribution >= 0.6 is 24.0 Å². The van der Waals surface area contributed by atoms with E-state index in [1.165, 1.54) is 0 Å². The lowest BCUT2D eigenvalue weighted by Crippen LogP contribution is -2.43. The maximum Gasteiger partial charge on any atom is 0.257 e. The monoisotopic (exact) mass is 417 g/mol. The standard InChI is InChI=1S/C21H20ClN3O2.ClH/c1-27-18-9-7-15(8-10-18)19-13-24(21-6-3-11-25(19)21)14-20(26)23-17-5-2-4-16(22)12-17;/h2,4-5,7-10,12-13H,3,6,11,14H2,1H3;1H. The third-order valence-electron chi connectivity index (χ3n) is 4.75. The lowest BCUT2D eigenvalue weighted by molar-refractivity contribution is -0.693. The van der Waals surface area contributed by atoms with Gasteiger partial charge in [0, 0.05) is 16.5 Å². The van der Waals surface area contributed by atoms with Gasteiger partial charge in [0.05, 0.1) is 25.8 Å². The van der Waals surface area contributed by atoms with Gasteiger partial charge in [0.15, 0.2) is 5.69 Å². The van der Waals surface area contributed by atoms with Gasteiger partial charge in [-0.3, -0.25) is 4.99 Å². The number of imidazole rings is 1. The van der Waals surface area contributed by atoms with Gasteiger partial charge in [-0.1, -0.05) is 17.7 Å². The van der Waals surface area contributed by atoms with Gasteiger partial charge in [-0.25, -0.2) is 9.13 Å². The van der Waals surface area contributed by atoms with Gasteiger partial charge in [-0.05, 0) is 48.9 Å². The lowest BCUT2D eigenvalue weighted by atomic mass is 10.1. The second kappa shape index (κ2) is 8.67. The number of aromatic nitrogens is 2. The van der Waals surface area contributed by atoms with E-state index in [4.69, 9.17) is 16.3 Å². The van der Waals surface area contributed by atoms with E-state index >= 15 is 0 Å². The van der Waals surface area contributed by atoms with E-state index in [0.717, 1.165) is 42.2 Å². The van der Waals surface area contributed by atoms with E-state index in [1.807, 2.05) is 35.0 Å². The zero-order valence-corrected chi connectivity index (χ0v) is 17.0. The summed E-state index contributed by atoms with van der Waals surface area (Å²) in [5.41, 5.74) is 2.80. The van der Waals surface area contributed by atoms with Crippen molar-refractivity contribution >= 4 is 35.6 Å². The Bertz CT molecular complexity index is 997. The van der Waals surface area contributed by atoms with Gasteiger partial charge < -0.3 is 9.84 Å². The highest BCUT2D eigenvalue weighted by molar-refractivity contribution is 6.30. The molecule has 1 aromatic heterocycles. The summed E-state index contributed by atoms with van der Waals surface area (Å²) >= 11 is 5.97. The van der Waals surface area contributed by atoms with Crippen LogP contribution in [-0.2, 0) is 19.5 Å². The fourth-order valence-electron chi connectivity index (χ4n) is 3.51. The topological polar surface area (TPSA) is 53.5 Å². The number of aliphatic imine (C=N–C) groups is 1. The summed E-state index contributed by atoms with van der Waals surface area (Å²) in [6, 6.07) is 15.0. The van der Waals surface area contributed by atoms with Crippen LogP contribution in [0.4, 0.5) is 5.69 Å². The molecular weight excluding hydrogens is 397 g/mol. The van der Waals surface area contributed by atoms with Gasteiger partial charge in [-0.15, -0.1) is 12.4 Å². The minimum atomic E-state index is -0.191. The Kier molecular flexibility index (Phi) is 6.27. The number of fused-ring (bicyclic) bond motifs is 1. The molecule has 0 saturated carbocycles. The van der Waals surface area contributed by atoms with Crippen molar-refractivity contribution in [2.45, 2.75) is 25.9 Å². The molecule has 0 amide bonds. The third-order valence-corrected chi connectivity index (χ3v) is 4.98. The van der Waals surface area contributed by atoms with E-state index in [9.17, 15) is 5.11 Å². The summed E-state index contributed by atoms with van der Waals surface area (Å²) in [5, 5.41) is 13.0. The average Bonchev–Trinajstić information content (AvgIpc) is 3.26. The number of benzene rings is 2. The molecule has 0 aliphatic carbocycles. The summed E-state index contributed by atoms with van der Waals surface area (Å²) < 4.78 is 9.55. The number of halogens is 2. The summed E-state index contributed by atoms with van der Waals surface area (Å²) in [7, 11) is 1.66. The first-order valence-corrected chi connectivity index (χ1v) is 9.28. The van der Waals surface area contributed by atoms with Crippen LogP contribution < -0.4 is 14.4 Å². The normalized spacial score (nSPS) is 13.1. The van der Waals surface area contributed by atoms with Crippen molar-refractivity contribution in [3.05, 3.63) is 65.6 Å². The highest BCUT2D eigenvalue weighted by Gasteiger charge is 2.28. The molecule has 7 heteroatoms. The quantitative estimate of drug-likeness (QED) is 0.362. The zero-order chi connectivity index (χ0) is 18.8. The van der Waals surface area contributed by atoms with Crippen molar-refractivity contribution in [3.63, 3.8) is 0 Å². The first-order valence-electron chi connectivity index (χ1n) is 8.90. The highest BCUT2D eigenvalue weighted by atomic mass is 35.5. The van der Waals surface area contributed by atoms with Crippen molar-refractivity contribution in [1.29, 1.82) is 0 Å². The Morgan fingerprint density at radius 2 is 2.04 bits per heavy atom. The minimum Gasteiger partial charge on any atom is -0.859 e. The SMILES string of the molecule is COc1ccc(-c2c[n+](CC([O-])=Nc3cccc(Cl)c3)c3n2CCC3)cc1.Cl. The van der Waals surface area contributed by atoms with Crippen LogP contribution in [0.3, 0.4) is 0 Å². The van der Waals surface area contributed by atoms with Crippen LogP contribution in [0.25, 0.3) is 11.3 Å². The Hall–Kier alpha value is -2.50. The molecule has 0 fully saturated rings. The van der Waals surface area contributed by atoms with Gasteiger partial charge >= 0.3 is 0 Å². The van der Waals surface area contributed by atoms with Crippen molar-refractivity contribution < 1.29 is 14.4 Å². The molecule has 0 radical (unpaired) electrons. The molecule has 4 rings (SSSR count). The number of ether oxygens (including phenoxy) is 1. The molecule has 0 saturated heterocycles. The van der Waals surface area contributed by atoms with Gasteiger partial charge in [0.2, 0.25) is 0 Å². The second-order valence-corrected chi connectivity index (χ2v) is 6.96. The Labute approximate surface area is 175 Å². The summed E-state index contributed by atoms with van der Waals surface area (Å²) in [4.78, 5) is 4.18. The van der Waals surface area contributed by atoms with Crippen molar-refractivity contribution in [2.24, 2.45) is 4.99 Å². The second-order valence-electron chi connectivity index (χ2n) is 6.53. The fraction of sp³-hybridized carbons (Fsp3) is 0.238. The summed E-state index contributed by atoms with van der Waals surface area (Å²) in [5.74, 6) is 1.80. The molecule has 2 heterocycles. The van der Waals surface area contributed by atoms with Crippen LogP contribution in [0.15, 0.2) is 59.7 Å². The first-order chi connectivity index (χ1) is 13.1. The van der Waals surface area contributed by atoms with E-state index in [2.05, 4.69) is 9.56 Å². The van der Waals surface area contributed by atoms with Gasteiger partial charge in [0.25, 0.3) is 5.82 Å². The zero-order valence-electron chi connectivity index (χ0n) is 15.5. The third kappa shape index (κ3) is 4.16. The Balaban J connectivity index is 0.00000225. The number of methoxy groups -OCH3 is 1. The number of hydrogen-bond acceptors (Lipinski definition) is 3. The molecule has 0 spiro atoms. The molecule has 5 nitrogen and oxygen atoms in total. The molecule has 3 aromatic rings. The molecule has 28 heavy (non-hydrogen) atoms. The maximum absolute atomic E-state index is 12.5. The molecule has 1 aliphatic heterocycles. The average molecular weight is 418 g/mol. The molecule has 0 atom stereocenters. The van der Waals surface area contributed by atoms with Crippen molar-refractivity contribution in [1.82, 2.24) is 4.57 Å². The lowest BCUT2D eigenvalue weighted by Gasteiger charge is -2.09. The van der Waals surface area contributed by atoms with E-state index in [0.29, 0.717) is 10.7 Å².